The quantitative estimate of drug-likeness (QED) is 0.550. The lowest BCUT2D eigenvalue weighted by Crippen LogP contribution is -2.03. The summed E-state index contributed by atoms with van der Waals surface area (Å²) in [7, 11) is 0. The predicted octanol–water partition coefficient (Wildman–Crippen LogP) is 1.95. The molecular weight excluding hydrogens is 204 g/mol. The highest BCUT2D eigenvalue weighted by atomic mass is 35.5. The number of rotatable bonds is 1. The van der Waals surface area contributed by atoms with Gasteiger partial charge in [-0.15, -0.1) is 0 Å². The molecule has 2 amide bonds. The molecule has 0 aromatic heterocycles. The van der Waals surface area contributed by atoms with Crippen LogP contribution in [0.25, 0.3) is 0 Å². The number of amides is 2. The first-order valence-corrected chi connectivity index (χ1v) is 4.42. The second kappa shape index (κ2) is 3.31. The predicted molar refractivity (Wildman–Crippen MR) is 53.6 cm³/mol. The fraction of sp³-hybridized carbons (Fsp3) is 0.111. The van der Waals surface area contributed by atoms with E-state index >= 15 is 0 Å². The first-order chi connectivity index (χ1) is 6.65. The minimum absolute atomic E-state index is 0.0330. The highest BCUT2D eigenvalue weighted by molar-refractivity contribution is 6.65. The van der Waals surface area contributed by atoms with Crippen molar-refractivity contribution in [2.75, 3.05) is 10.6 Å². The summed E-state index contributed by atoms with van der Waals surface area (Å²) in [6, 6.07) is 5.15. The smallest absolute Gasteiger partial charge is 0.318 e. The van der Waals surface area contributed by atoms with Crippen LogP contribution in [0.3, 0.4) is 0 Å². The van der Waals surface area contributed by atoms with Crippen LogP contribution in [0.5, 0.6) is 0 Å². The van der Waals surface area contributed by atoms with E-state index in [9.17, 15) is 9.59 Å². The van der Waals surface area contributed by atoms with Crippen molar-refractivity contribution in [2.24, 2.45) is 0 Å². The Bertz CT molecular complexity index is 417. The summed E-state index contributed by atoms with van der Waals surface area (Å²) in [4.78, 5) is 21.6. The molecule has 0 fully saturated rings. The monoisotopic (exact) mass is 210 g/mol. The number of hydrogen-bond acceptors (Lipinski definition) is 2. The zero-order valence-corrected chi connectivity index (χ0v) is 7.89. The minimum atomic E-state index is -0.637. The molecule has 1 aliphatic rings. The van der Waals surface area contributed by atoms with Crippen molar-refractivity contribution < 1.29 is 9.59 Å². The molecule has 1 aromatic carbocycles. The number of carbonyl (C=O) groups is 2. The van der Waals surface area contributed by atoms with Crippen LogP contribution in [-0.2, 0) is 11.2 Å². The van der Waals surface area contributed by atoms with Gasteiger partial charge in [-0.25, -0.2) is 0 Å². The molecule has 5 heteroatoms. The van der Waals surface area contributed by atoms with Gasteiger partial charge in [0, 0.05) is 11.4 Å². The lowest BCUT2D eigenvalue weighted by atomic mass is 10.1. The number of halogens is 1. The van der Waals surface area contributed by atoms with Crippen LogP contribution in [-0.4, -0.2) is 11.3 Å². The van der Waals surface area contributed by atoms with Crippen LogP contribution in [0.15, 0.2) is 18.2 Å². The van der Waals surface area contributed by atoms with Gasteiger partial charge in [0.15, 0.2) is 0 Å². The molecule has 0 saturated heterocycles. The fourth-order valence-electron chi connectivity index (χ4n) is 1.42. The van der Waals surface area contributed by atoms with Crippen molar-refractivity contribution in [1.29, 1.82) is 0 Å². The van der Waals surface area contributed by atoms with E-state index in [1.807, 2.05) is 0 Å². The van der Waals surface area contributed by atoms with Crippen molar-refractivity contribution in [3.05, 3.63) is 23.8 Å². The lowest BCUT2D eigenvalue weighted by Gasteiger charge is -2.02. The van der Waals surface area contributed by atoms with Crippen molar-refractivity contribution in [1.82, 2.24) is 0 Å². The van der Waals surface area contributed by atoms with Crippen molar-refractivity contribution in [3.63, 3.8) is 0 Å². The molecule has 0 unspecified atom stereocenters. The van der Waals surface area contributed by atoms with Crippen LogP contribution in [0.2, 0.25) is 0 Å². The molecule has 0 aliphatic carbocycles. The third-order valence-corrected chi connectivity index (χ3v) is 2.07. The molecule has 0 atom stereocenters. The van der Waals surface area contributed by atoms with E-state index < -0.39 is 5.37 Å². The standard InChI is InChI=1S/C9H7ClN2O2/c10-9(14)11-6-1-2-7-5(3-6)4-8(13)12-7/h1-3H,4H2,(H,11,14)(H,12,13). The Morgan fingerprint density at radius 1 is 1.50 bits per heavy atom. The van der Waals surface area contributed by atoms with Gasteiger partial charge in [0.1, 0.15) is 0 Å². The van der Waals surface area contributed by atoms with Crippen LogP contribution in [0.4, 0.5) is 16.2 Å². The van der Waals surface area contributed by atoms with E-state index in [2.05, 4.69) is 10.6 Å². The molecule has 72 valence electrons. The third-order valence-electron chi connectivity index (χ3n) is 1.97. The summed E-state index contributed by atoms with van der Waals surface area (Å²) in [5, 5.41) is 4.49. The Kier molecular flexibility index (Phi) is 2.13. The topological polar surface area (TPSA) is 58.2 Å². The van der Waals surface area contributed by atoms with E-state index in [0.29, 0.717) is 12.1 Å². The Hall–Kier alpha value is -1.55. The summed E-state index contributed by atoms with van der Waals surface area (Å²) in [6.45, 7) is 0. The van der Waals surface area contributed by atoms with Crippen LogP contribution in [0, 0.1) is 0 Å². The fourth-order valence-corrected chi connectivity index (χ4v) is 1.53. The van der Waals surface area contributed by atoms with E-state index in [-0.39, 0.29) is 5.91 Å². The van der Waals surface area contributed by atoms with Crippen molar-refractivity contribution >= 4 is 34.2 Å². The highest BCUT2D eigenvalue weighted by Gasteiger charge is 2.17. The van der Waals surface area contributed by atoms with Gasteiger partial charge in [-0.2, -0.15) is 0 Å². The van der Waals surface area contributed by atoms with Gasteiger partial charge in [-0.3, -0.25) is 9.59 Å². The largest absolute Gasteiger partial charge is 0.326 e. The molecule has 1 heterocycles. The number of benzene rings is 1. The van der Waals surface area contributed by atoms with E-state index in [1.54, 1.807) is 18.2 Å². The van der Waals surface area contributed by atoms with Gasteiger partial charge in [0.05, 0.1) is 6.42 Å². The normalized spacial score (nSPS) is 13.4. The van der Waals surface area contributed by atoms with Crippen LogP contribution < -0.4 is 10.6 Å². The highest BCUT2D eigenvalue weighted by Crippen LogP contribution is 2.25. The van der Waals surface area contributed by atoms with E-state index in [1.165, 1.54) is 0 Å². The maximum Gasteiger partial charge on any atom is 0.318 e. The SMILES string of the molecule is O=C(Cl)Nc1ccc2c(c1)CC(=O)N2. The molecule has 2 rings (SSSR count). The van der Waals surface area contributed by atoms with Gasteiger partial charge in [-0.1, -0.05) is 0 Å². The van der Waals surface area contributed by atoms with Gasteiger partial charge < -0.3 is 10.6 Å². The maximum absolute atomic E-state index is 11.0. The molecule has 4 nitrogen and oxygen atoms in total. The summed E-state index contributed by atoms with van der Waals surface area (Å²) < 4.78 is 0. The number of fused-ring (bicyclic) bond motifs is 1. The van der Waals surface area contributed by atoms with Gasteiger partial charge in [0.25, 0.3) is 0 Å². The molecule has 0 spiro atoms. The molecule has 0 radical (unpaired) electrons. The minimum Gasteiger partial charge on any atom is -0.326 e. The summed E-state index contributed by atoms with van der Waals surface area (Å²) in [5.41, 5.74) is 2.26. The summed E-state index contributed by atoms with van der Waals surface area (Å²) >= 11 is 5.16. The van der Waals surface area contributed by atoms with Gasteiger partial charge in [-0.05, 0) is 35.4 Å². The average Bonchev–Trinajstić information content (AvgIpc) is 2.42. The number of anilines is 2. The second-order valence-electron chi connectivity index (χ2n) is 3.00. The van der Waals surface area contributed by atoms with Crippen molar-refractivity contribution in [3.8, 4) is 0 Å². The molecule has 1 aromatic rings. The Morgan fingerprint density at radius 2 is 2.29 bits per heavy atom. The zero-order chi connectivity index (χ0) is 10.1. The molecule has 0 bridgehead atoms. The van der Waals surface area contributed by atoms with E-state index in [0.717, 1.165) is 11.3 Å². The number of nitrogens with one attached hydrogen (secondary N) is 2. The Labute approximate surface area is 85.2 Å². The molecule has 2 N–H and O–H groups in total. The summed E-state index contributed by atoms with van der Waals surface area (Å²) in [6.07, 6.45) is 0.349. The number of carbonyl (C=O) groups excluding carboxylic acids is 2. The van der Waals surface area contributed by atoms with Crippen LogP contribution >= 0.6 is 11.6 Å². The number of hydrogen-bond donors (Lipinski definition) is 2. The zero-order valence-electron chi connectivity index (χ0n) is 7.13. The Balaban J connectivity index is 2.28. The third kappa shape index (κ3) is 1.70. The molecular formula is C9H7ClN2O2. The first kappa shape index (κ1) is 9.02. The maximum atomic E-state index is 11.0. The first-order valence-electron chi connectivity index (χ1n) is 4.04. The molecule has 0 saturated carbocycles. The van der Waals surface area contributed by atoms with Crippen LogP contribution in [0.1, 0.15) is 5.56 Å². The molecule has 1 aliphatic heterocycles. The average molecular weight is 211 g/mol. The second-order valence-corrected chi connectivity index (χ2v) is 3.34. The molecule has 14 heavy (non-hydrogen) atoms. The van der Waals surface area contributed by atoms with Gasteiger partial charge in [0.2, 0.25) is 5.91 Å². The lowest BCUT2D eigenvalue weighted by molar-refractivity contribution is -0.115. The van der Waals surface area contributed by atoms with E-state index in [4.69, 9.17) is 11.6 Å². The Morgan fingerprint density at radius 3 is 3.00 bits per heavy atom. The van der Waals surface area contributed by atoms with Crippen molar-refractivity contribution in [2.45, 2.75) is 6.42 Å². The summed E-state index contributed by atoms with van der Waals surface area (Å²) in [5.74, 6) is -0.0330. The van der Waals surface area contributed by atoms with Gasteiger partial charge >= 0.3 is 5.37 Å².